The molecule has 1 amide bonds. The molecule has 0 aliphatic rings. The summed E-state index contributed by atoms with van der Waals surface area (Å²) in [6, 6.07) is 21.0. The number of hydrogen-bond acceptors (Lipinski definition) is 4. The lowest BCUT2D eigenvalue weighted by Gasteiger charge is -2.19. The zero-order valence-corrected chi connectivity index (χ0v) is 16.1. The van der Waals surface area contributed by atoms with Crippen LogP contribution in [0.3, 0.4) is 0 Å². The SMILES string of the molecule is Cc1cc(=O)oc2cc(O[C@@H](C(=O)Nc3ccc(F)cc3)c3ccccc3)ccc12. The molecule has 6 heteroatoms. The molecule has 0 aliphatic carbocycles. The van der Waals surface area contributed by atoms with Gasteiger partial charge in [-0.25, -0.2) is 9.18 Å². The fraction of sp³-hybridized carbons (Fsp3) is 0.0833. The number of halogens is 1. The molecule has 0 aliphatic heterocycles. The smallest absolute Gasteiger partial charge is 0.336 e. The number of aryl methyl sites for hydroxylation is 1. The van der Waals surface area contributed by atoms with Crippen molar-refractivity contribution in [3.63, 3.8) is 0 Å². The molecule has 4 rings (SSSR count). The molecule has 0 spiro atoms. The fourth-order valence-corrected chi connectivity index (χ4v) is 3.16. The highest BCUT2D eigenvalue weighted by molar-refractivity contribution is 5.95. The molecule has 3 aromatic carbocycles. The largest absolute Gasteiger partial charge is 0.476 e. The molecule has 4 aromatic rings. The first-order valence-electron chi connectivity index (χ1n) is 9.32. The summed E-state index contributed by atoms with van der Waals surface area (Å²) in [5, 5.41) is 3.53. The Labute approximate surface area is 171 Å². The van der Waals surface area contributed by atoms with Crippen molar-refractivity contribution in [2.45, 2.75) is 13.0 Å². The van der Waals surface area contributed by atoms with E-state index in [1.807, 2.05) is 13.0 Å². The Morgan fingerprint density at radius 2 is 1.73 bits per heavy atom. The molecule has 1 aromatic heterocycles. The first kappa shape index (κ1) is 19.4. The summed E-state index contributed by atoms with van der Waals surface area (Å²) in [5.74, 6) is -0.435. The van der Waals surface area contributed by atoms with Crippen molar-refractivity contribution in [2.24, 2.45) is 0 Å². The predicted molar refractivity (Wildman–Crippen MR) is 112 cm³/mol. The molecule has 0 radical (unpaired) electrons. The lowest BCUT2D eigenvalue weighted by atomic mass is 10.1. The first-order chi connectivity index (χ1) is 14.5. The zero-order valence-electron chi connectivity index (χ0n) is 16.1. The molecule has 0 fully saturated rings. The first-order valence-corrected chi connectivity index (χ1v) is 9.32. The van der Waals surface area contributed by atoms with Gasteiger partial charge in [-0.15, -0.1) is 0 Å². The van der Waals surface area contributed by atoms with E-state index >= 15 is 0 Å². The molecule has 0 bridgehead atoms. The molecule has 30 heavy (non-hydrogen) atoms. The van der Waals surface area contributed by atoms with Gasteiger partial charge < -0.3 is 14.5 Å². The van der Waals surface area contributed by atoms with Gasteiger partial charge in [0, 0.05) is 28.8 Å². The van der Waals surface area contributed by atoms with Crippen LogP contribution in [0.4, 0.5) is 10.1 Å². The Kier molecular flexibility index (Phi) is 5.30. The molecule has 1 N–H and O–H groups in total. The maximum Gasteiger partial charge on any atom is 0.336 e. The van der Waals surface area contributed by atoms with Crippen molar-refractivity contribution in [3.05, 3.63) is 106 Å². The summed E-state index contributed by atoms with van der Waals surface area (Å²) >= 11 is 0. The maximum absolute atomic E-state index is 13.2. The molecule has 1 atom stereocenters. The van der Waals surface area contributed by atoms with Gasteiger partial charge >= 0.3 is 5.63 Å². The zero-order chi connectivity index (χ0) is 21.1. The van der Waals surface area contributed by atoms with Crippen molar-refractivity contribution in [2.75, 3.05) is 5.32 Å². The lowest BCUT2D eigenvalue weighted by molar-refractivity contribution is -0.123. The Bertz CT molecular complexity index is 1250. The van der Waals surface area contributed by atoms with Crippen LogP contribution in [0.1, 0.15) is 17.2 Å². The molecule has 0 saturated heterocycles. The quantitative estimate of drug-likeness (QED) is 0.476. The van der Waals surface area contributed by atoms with E-state index < -0.39 is 23.5 Å². The van der Waals surface area contributed by atoms with Crippen LogP contribution >= 0.6 is 0 Å². The summed E-state index contributed by atoms with van der Waals surface area (Å²) in [7, 11) is 0. The lowest BCUT2D eigenvalue weighted by Crippen LogP contribution is -2.25. The molecule has 0 unspecified atom stereocenters. The summed E-state index contributed by atoms with van der Waals surface area (Å²) in [6.07, 6.45) is -0.967. The minimum absolute atomic E-state index is 0.374. The monoisotopic (exact) mass is 403 g/mol. The Morgan fingerprint density at radius 1 is 1.00 bits per heavy atom. The number of rotatable bonds is 5. The van der Waals surface area contributed by atoms with Gasteiger partial charge in [-0.3, -0.25) is 4.79 Å². The number of fused-ring (bicyclic) bond motifs is 1. The van der Waals surface area contributed by atoms with Gasteiger partial charge in [-0.05, 0) is 48.9 Å². The van der Waals surface area contributed by atoms with E-state index in [0.29, 0.717) is 22.6 Å². The molecular weight excluding hydrogens is 385 g/mol. The molecule has 0 saturated carbocycles. The second-order valence-corrected chi connectivity index (χ2v) is 6.81. The number of anilines is 1. The number of nitrogens with one attached hydrogen (secondary N) is 1. The van der Waals surface area contributed by atoms with E-state index in [0.717, 1.165) is 10.9 Å². The van der Waals surface area contributed by atoms with Gasteiger partial charge in [0.2, 0.25) is 6.10 Å². The van der Waals surface area contributed by atoms with E-state index in [1.165, 1.54) is 30.3 Å². The van der Waals surface area contributed by atoms with Gasteiger partial charge in [0.05, 0.1) is 0 Å². The predicted octanol–water partition coefficient (Wildman–Crippen LogP) is 5.00. The average molecular weight is 403 g/mol. The molecule has 150 valence electrons. The second kappa shape index (κ2) is 8.21. The highest BCUT2D eigenvalue weighted by Crippen LogP contribution is 2.27. The van der Waals surface area contributed by atoms with Crippen molar-refractivity contribution in [3.8, 4) is 5.75 Å². The Hall–Kier alpha value is -3.93. The normalized spacial score (nSPS) is 11.8. The minimum atomic E-state index is -0.967. The maximum atomic E-state index is 13.2. The molecule has 5 nitrogen and oxygen atoms in total. The van der Waals surface area contributed by atoms with Crippen LogP contribution in [0.2, 0.25) is 0 Å². The number of ether oxygens (including phenoxy) is 1. The fourth-order valence-electron chi connectivity index (χ4n) is 3.16. The van der Waals surface area contributed by atoms with Crippen LogP contribution in [0.5, 0.6) is 5.75 Å². The average Bonchev–Trinajstić information content (AvgIpc) is 2.74. The number of benzene rings is 3. The minimum Gasteiger partial charge on any atom is -0.476 e. The number of hydrogen-bond donors (Lipinski definition) is 1. The van der Waals surface area contributed by atoms with Gasteiger partial charge in [0.25, 0.3) is 5.91 Å². The summed E-state index contributed by atoms with van der Waals surface area (Å²) in [4.78, 5) is 24.7. The van der Waals surface area contributed by atoms with Crippen LogP contribution in [0.25, 0.3) is 11.0 Å². The van der Waals surface area contributed by atoms with Crippen molar-refractivity contribution >= 4 is 22.6 Å². The third-order valence-corrected chi connectivity index (χ3v) is 4.63. The Morgan fingerprint density at radius 3 is 2.47 bits per heavy atom. The molecular formula is C24H18FNO4. The summed E-state index contributed by atoms with van der Waals surface area (Å²) in [5.41, 5.74) is 1.81. The van der Waals surface area contributed by atoms with Gasteiger partial charge in [0.1, 0.15) is 17.1 Å². The van der Waals surface area contributed by atoms with Gasteiger partial charge in [-0.1, -0.05) is 30.3 Å². The van der Waals surface area contributed by atoms with Gasteiger partial charge in [-0.2, -0.15) is 0 Å². The van der Waals surface area contributed by atoms with Crippen LogP contribution < -0.4 is 15.7 Å². The number of carbonyl (C=O) groups is 1. The van der Waals surface area contributed by atoms with Crippen LogP contribution in [0.15, 0.2) is 88.1 Å². The third kappa shape index (κ3) is 4.22. The van der Waals surface area contributed by atoms with Gasteiger partial charge in [0.15, 0.2) is 0 Å². The highest BCUT2D eigenvalue weighted by atomic mass is 19.1. The van der Waals surface area contributed by atoms with Crippen molar-refractivity contribution < 1.29 is 18.3 Å². The van der Waals surface area contributed by atoms with Crippen LogP contribution in [-0.4, -0.2) is 5.91 Å². The Balaban J connectivity index is 1.66. The summed E-state index contributed by atoms with van der Waals surface area (Å²) < 4.78 is 24.4. The van der Waals surface area contributed by atoms with Crippen LogP contribution in [-0.2, 0) is 4.79 Å². The number of carbonyl (C=O) groups excluding carboxylic acids is 1. The summed E-state index contributed by atoms with van der Waals surface area (Å²) in [6.45, 7) is 1.82. The second-order valence-electron chi connectivity index (χ2n) is 6.81. The van der Waals surface area contributed by atoms with E-state index in [9.17, 15) is 14.0 Å². The van der Waals surface area contributed by atoms with Crippen molar-refractivity contribution in [1.29, 1.82) is 0 Å². The van der Waals surface area contributed by atoms with E-state index in [-0.39, 0.29) is 0 Å². The topological polar surface area (TPSA) is 68.5 Å². The molecule has 1 heterocycles. The number of amides is 1. The van der Waals surface area contributed by atoms with E-state index in [2.05, 4.69) is 5.32 Å². The third-order valence-electron chi connectivity index (χ3n) is 4.63. The van der Waals surface area contributed by atoms with E-state index in [1.54, 1.807) is 42.5 Å². The van der Waals surface area contributed by atoms with E-state index in [4.69, 9.17) is 9.15 Å². The van der Waals surface area contributed by atoms with Crippen molar-refractivity contribution in [1.82, 2.24) is 0 Å². The highest BCUT2D eigenvalue weighted by Gasteiger charge is 2.23. The standard InChI is InChI=1S/C24H18FNO4/c1-15-13-22(27)30-21-14-19(11-12-20(15)21)29-23(16-5-3-2-4-6-16)24(28)26-18-9-7-17(25)8-10-18/h2-14,23H,1H3,(H,26,28)/t23-/m1/s1. The van der Waals surface area contributed by atoms with Crippen LogP contribution in [0, 0.1) is 12.7 Å².